The lowest BCUT2D eigenvalue weighted by Gasteiger charge is -2.19. The molecule has 0 radical (unpaired) electrons. The average molecular weight is 402 g/mol. The maximum Gasteiger partial charge on any atom is 0.284 e. The van der Waals surface area contributed by atoms with Crippen molar-refractivity contribution in [1.82, 2.24) is 9.71 Å². The van der Waals surface area contributed by atoms with Crippen LogP contribution in [0.3, 0.4) is 0 Å². The fraction of sp³-hybridized carbons (Fsp3) is 0.375. The van der Waals surface area contributed by atoms with Crippen molar-refractivity contribution in [3.05, 3.63) is 45.4 Å². The number of nitrogens with zero attached hydrogens (tertiary/aromatic N) is 2. The lowest BCUT2D eigenvalue weighted by molar-refractivity contribution is 0.0977. The van der Waals surface area contributed by atoms with Crippen LogP contribution in [0.2, 0.25) is 5.02 Å². The third kappa shape index (κ3) is 5.69. The molecule has 0 saturated carbocycles. The molecular formula is C16H20ClN3O3S2. The van der Waals surface area contributed by atoms with Crippen molar-refractivity contribution in [3.63, 3.8) is 0 Å². The molecule has 0 aliphatic rings. The number of benzene rings is 1. The van der Waals surface area contributed by atoms with Gasteiger partial charge in [0.25, 0.3) is 5.91 Å². The largest absolute Gasteiger partial charge is 0.348 e. The van der Waals surface area contributed by atoms with Crippen LogP contribution < -0.4 is 9.62 Å². The first-order valence-corrected chi connectivity index (χ1v) is 10.8. The summed E-state index contributed by atoms with van der Waals surface area (Å²) >= 11 is 7.27. The maximum atomic E-state index is 12.0. The van der Waals surface area contributed by atoms with E-state index in [0.717, 1.165) is 31.3 Å². The van der Waals surface area contributed by atoms with Crippen molar-refractivity contribution in [2.75, 3.05) is 24.2 Å². The predicted molar refractivity (Wildman–Crippen MR) is 102 cm³/mol. The third-order valence-electron chi connectivity index (χ3n) is 3.51. The summed E-state index contributed by atoms with van der Waals surface area (Å²) in [6.45, 7) is 5.23. The molecule has 1 aromatic carbocycles. The molecule has 136 valence electrons. The van der Waals surface area contributed by atoms with Crippen LogP contribution in [-0.4, -0.2) is 38.7 Å². The van der Waals surface area contributed by atoms with Crippen LogP contribution >= 0.6 is 22.9 Å². The molecule has 9 heteroatoms. The molecule has 1 amide bonds. The third-order valence-corrected chi connectivity index (χ3v) is 5.35. The normalized spacial score (nSPS) is 11.4. The fourth-order valence-corrected chi connectivity index (χ4v) is 3.80. The van der Waals surface area contributed by atoms with E-state index in [9.17, 15) is 13.2 Å². The number of nitrogens with one attached hydrogen (secondary N) is 1. The summed E-state index contributed by atoms with van der Waals surface area (Å²) in [5.74, 6) is -0.698. The highest BCUT2D eigenvalue weighted by molar-refractivity contribution is 7.89. The summed E-state index contributed by atoms with van der Waals surface area (Å²) in [5, 5.41) is 1.40. The number of halogens is 1. The second-order valence-corrected chi connectivity index (χ2v) is 8.93. The maximum absolute atomic E-state index is 12.0. The molecule has 0 bridgehead atoms. The zero-order valence-corrected chi connectivity index (χ0v) is 16.6. The molecule has 0 fully saturated rings. The van der Waals surface area contributed by atoms with Crippen LogP contribution in [0.5, 0.6) is 0 Å². The molecule has 0 atom stereocenters. The second kappa shape index (κ2) is 8.16. The Balaban J connectivity index is 2.11. The van der Waals surface area contributed by atoms with Crippen LogP contribution in [0.15, 0.2) is 24.3 Å². The number of carbonyl (C=O) groups is 1. The van der Waals surface area contributed by atoms with E-state index >= 15 is 0 Å². The Bertz CT molecular complexity index is 848. The number of carbonyl (C=O) groups excluding carboxylic acids is 1. The number of rotatable bonds is 7. The van der Waals surface area contributed by atoms with Gasteiger partial charge in [-0.05, 0) is 38.0 Å². The van der Waals surface area contributed by atoms with Gasteiger partial charge >= 0.3 is 0 Å². The lowest BCUT2D eigenvalue weighted by Crippen LogP contribution is -2.30. The molecule has 0 saturated heterocycles. The van der Waals surface area contributed by atoms with Gasteiger partial charge in [-0.3, -0.25) is 4.79 Å². The molecule has 6 nitrogen and oxygen atoms in total. The first-order chi connectivity index (χ1) is 11.7. The topological polar surface area (TPSA) is 79.4 Å². The molecule has 2 rings (SSSR count). The molecule has 2 aromatic rings. The zero-order valence-electron chi connectivity index (χ0n) is 14.2. The molecule has 1 aromatic heterocycles. The van der Waals surface area contributed by atoms with Gasteiger partial charge in [0, 0.05) is 23.0 Å². The summed E-state index contributed by atoms with van der Waals surface area (Å²) in [6, 6.07) is 7.67. The van der Waals surface area contributed by atoms with Crippen molar-refractivity contribution >= 4 is 44.0 Å². The zero-order chi connectivity index (χ0) is 18.6. The van der Waals surface area contributed by atoms with E-state index in [1.807, 2.05) is 35.9 Å². The first-order valence-electron chi connectivity index (χ1n) is 7.68. The van der Waals surface area contributed by atoms with Crippen LogP contribution in [0.4, 0.5) is 5.13 Å². The monoisotopic (exact) mass is 401 g/mol. The number of amides is 1. The SMILES string of the molecule is CCN(CCc1ccc(Cl)cc1)c1nc(C(=O)NS(C)(=O)=O)c(C)s1. The van der Waals surface area contributed by atoms with E-state index in [1.54, 1.807) is 6.92 Å². The molecular weight excluding hydrogens is 382 g/mol. The number of hydrogen-bond acceptors (Lipinski definition) is 6. The van der Waals surface area contributed by atoms with E-state index in [1.165, 1.54) is 11.3 Å². The number of thiazole rings is 1. The Hall–Kier alpha value is -1.64. The molecule has 25 heavy (non-hydrogen) atoms. The van der Waals surface area contributed by atoms with Gasteiger partial charge in [-0.15, -0.1) is 11.3 Å². The molecule has 0 spiro atoms. The highest BCUT2D eigenvalue weighted by Gasteiger charge is 2.20. The first kappa shape index (κ1) is 19.7. The van der Waals surface area contributed by atoms with E-state index in [-0.39, 0.29) is 5.69 Å². The molecule has 0 aliphatic heterocycles. The number of hydrogen-bond donors (Lipinski definition) is 1. The Morgan fingerprint density at radius 1 is 1.32 bits per heavy atom. The van der Waals surface area contributed by atoms with Crippen LogP contribution in [0, 0.1) is 6.92 Å². The summed E-state index contributed by atoms with van der Waals surface area (Å²) in [7, 11) is -3.61. The van der Waals surface area contributed by atoms with E-state index in [4.69, 9.17) is 11.6 Å². The Labute approximate surface area is 156 Å². The highest BCUT2D eigenvalue weighted by atomic mass is 35.5. The predicted octanol–water partition coefficient (Wildman–Crippen LogP) is 2.86. The van der Waals surface area contributed by atoms with Gasteiger partial charge in [0.1, 0.15) is 5.69 Å². The highest BCUT2D eigenvalue weighted by Crippen LogP contribution is 2.26. The summed E-state index contributed by atoms with van der Waals surface area (Å²) in [5.41, 5.74) is 1.31. The summed E-state index contributed by atoms with van der Waals surface area (Å²) in [4.78, 5) is 19.1. The minimum atomic E-state index is -3.61. The fourth-order valence-electron chi connectivity index (χ4n) is 2.25. The minimum absolute atomic E-state index is 0.148. The molecule has 0 unspecified atom stereocenters. The number of likely N-dealkylation sites (N-methyl/N-ethyl adjacent to an activating group) is 1. The van der Waals surface area contributed by atoms with Gasteiger partial charge in [0.2, 0.25) is 10.0 Å². The van der Waals surface area contributed by atoms with Crippen molar-refractivity contribution in [2.24, 2.45) is 0 Å². The number of anilines is 1. The van der Waals surface area contributed by atoms with Crippen molar-refractivity contribution < 1.29 is 13.2 Å². The van der Waals surface area contributed by atoms with E-state index in [2.05, 4.69) is 9.88 Å². The Morgan fingerprint density at radius 2 is 1.96 bits per heavy atom. The van der Waals surface area contributed by atoms with Gasteiger partial charge in [-0.1, -0.05) is 23.7 Å². The second-order valence-electron chi connectivity index (χ2n) is 5.56. The van der Waals surface area contributed by atoms with Crippen molar-refractivity contribution in [3.8, 4) is 0 Å². The number of sulfonamides is 1. The van der Waals surface area contributed by atoms with Crippen molar-refractivity contribution in [1.29, 1.82) is 0 Å². The Kier molecular flexibility index (Phi) is 6.42. The molecule has 1 N–H and O–H groups in total. The minimum Gasteiger partial charge on any atom is -0.348 e. The molecule has 0 aliphatic carbocycles. The number of aryl methyl sites for hydroxylation is 1. The van der Waals surface area contributed by atoms with Gasteiger partial charge < -0.3 is 4.90 Å². The quantitative estimate of drug-likeness (QED) is 0.771. The van der Waals surface area contributed by atoms with E-state index < -0.39 is 15.9 Å². The van der Waals surface area contributed by atoms with Crippen molar-refractivity contribution in [2.45, 2.75) is 20.3 Å². The molecule has 1 heterocycles. The summed E-state index contributed by atoms with van der Waals surface area (Å²) < 4.78 is 24.4. The van der Waals surface area contributed by atoms with E-state index in [0.29, 0.717) is 15.0 Å². The van der Waals surface area contributed by atoms with Crippen LogP contribution in [0.1, 0.15) is 27.9 Å². The average Bonchev–Trinajstić information content (AvgIpc) is 2.90. The smallest absolute Gasteiger partial charge is 0.284 e. The van der Waals surface area contributed by atoms with Crippen LogP contribution in [-0.2, 0) is 16.4 Å². The van der Waals surface area contributed by atoms with Gasteiger partial charge in [0.15, 0.2) is 5.13 Å². The summed E-state index contributed by atoms with van der Waals surface area (Å²) in [6.07, 6.45) is 1.76. The lowest BCUT2D eigenvalue weighted by atomic mass is 10.1. The standard InChI is InChI=1S/C16H20ClN3O3S2/c1-4-20(10-9-12-5-7-13(17)8-6-12)16-18-14(11(2)24-16)15(21)19-25(3,22)23/h5-8H,4,9-10H2,1-3H3,(H,19,21). The van der Waals surface area contributed by atoms with Gasteiger partial charge in [0.05, 0.1) is 6.26 Å². The van der Waals surface area contributed by atoms with Crippen LogP contribution in [0.25, 0.3) is 0 Å². The van der Waals surface area contributed by atoms with Gasteiger partial charge in [-0.2, -0.15) is 0 Å². The Morgan fingerprint density at radius 3 is 2.52 bits per heavy atom. The number of aromatic nitrogens is 1. The van der Waals surface area contributed by atoms with Gasteiger partial charge in [-0.25, -0.2) is 18.1 Å².